The van der Waals surface area contributed by atoms with Crippen molar-refractivity contribution in [2.24, 2.45) is 27.9 Å². The van der Waals surface area contributed by atoms with Gasteiger partial charge in [0.2, 0.25) is 35.4 Å². The van der Waals surface area contributed by atoms with Crippen LogP contribution in [0.3, 0.4) is 0 Å². The maximum atomic E-state index is 12.3. The van der Waals surface area contributed by atoms with Gasteiger partial charge in [0.05, 0.1) is 18.8 Å². The SMILES string of the molecule is CC(=O)NC(CSCC(N)=O)C(=O)NCC(=O)NC(CCCN=C(N)N)C(=O)NCC(N)=O. The van der Waals surface area contributed by atoms with Crippen LogP contribution < -0.4 is 44.2 Å². The van der Waals surface area contributed by atoms with Gasteiger partial charge in [-0.2, -0.15) is 0 Å². The van der Waals surface area contributed by atoms with Crippen molar-refractivity contribution in [2.45, 2.75) is 31.8 Å². The molecule has 16 heteroatoms. The summed E-state index contributed by atoms with van der Waals surface area (Å²) in [5.41, 5.74) is 20.5. The molecule has 2 unspecified atom stereocenters. The number of rotatable bonds is 16. The number of nitrogens with one attached hydrogen (secondary N) is 4. The molecule has 0 bridgehead atoms. The normalized spacial score (nSPS) is 11.9. The molecular weight excluding hydrogens is 458 g/mol. The van der Waals surface area contributed by atoms with Gasteiger partial charge in [-0.25, -0.2) is 0 Å². The number of primary amides is 2. The highest BCUT2D eigenvalue weighted by Gasteiger charge is 2.23. The molecule has 15 nitrogen and oxygen atoms in total. The monoisotopic (exact) mass is 489 g/mol. The molecule has 0 aromatic heterocycles. The molecule has 0 aromatic rings. The van der Waals surface area contributed by atoms with Crippen LogP contribution in [-0.2, 0) is 28.8 Å². The number of aliphatic imine (C=N–C) groups is 1. The van der Waals surface area contributed by atoms with E-state index in [4.69, 9.17) is 22.9 Å². The smallest absolute Gasteiger partial charge is 0.243 e. The van der Waals surface area contributed by atoms with Crippen LogP contribution in [0, 0.1) is 0 Å². The van der Waals surface area contributed by atoms with Crippen LogP contribution in [0.1, 0.15) is 19.8 Å². The molecule has 0 heterocycles. The van der Waals surface area contributed by atoms with E-state index in [-0.39, 0.29) is 30.4 Å². The molecule has 33 heavy (non-hydrogen) atoms. The third-order valence-corrected chi connectivity index (χ3v) is 4.74. The summed E-state index contributed by atoms with van der Waals surface area (Å²) >= 11 is 1.04. The maximum absolute atomic E-state index is 12.3. The molecule has 0 aliphatic heterocycles. The van der Waals surface area contributed by atoms with Crippen LogP contribution in [0.25, 0.3) is 0 Å². The zero-order valence-corrected chi connectivity index (χ0v) is 19.0. The summed E-state index contributed by atoms with van der Waals surface area (Å²) in [5, 5.41) is 9.48. The first kappa shape index (κ1) is 29.4. The van der Waals surface area contributed by atoms with Crippen molar-refractivity contribution in [1.29, 1.82) is 0 Å². The topological polar surface area (TPSA) is 267 Å². The van der Waals surface area contributed by atoms with Crippen LogP contribution in [0.4, 0.5) is 0 Å². The van der Waals surface area contributed by atoms with Gasteiger partial charge in [-0.15, -0.1) is 11.8 Å². The van der Waals surface area contributed by atoms with E-state index in [0.29, 0.717) is 6.42 Å². The minimum absolute atomic E-state index is 0.0498. The molecule has 0 fully saturated rings. The van der Waals surface area contributed by atoms with E-state index in [0.717, 1.165) is 11.8 Å². The number of guanidine groups is 1. The summed E-state index contributed by atoms with van der Waals surface area (Å²) in [6.07, 6.45) is 0.472. The van der Waals surface area contributed by atoms with Crippen molar-refractivity contribution >= 4 is 53.2 Å². The third-order valence-electron chi connectivity index (χ3n) is 3.68. The van der Waals surface area contributed by atoms with E-state index in [9.17, 15) is 28.8 Å². The molecule has 0 rings (SSSR count). The Morgan fingerprint density at radius 2 is 1.45 bits per heavy atom. The van der Waals surface area contributed by atoms with Crippen molar-refractivity contribution in [3.05, 3.63) is 0 Å². The van der Waals surface area contributed by atoms with Crippen LogP contribution in [0.2, 0.25) is 0 Å². The van der Waals surface area contributed by atoms with Gasteiger partial charge in [0.15, 0.2) is 5.96 Å². The molecule has 6 amide bonds. The second kappa shape index (κ2) is 16.1. The van der Waals surface area contributed by atoms with Gasteiger partial charge in [0.1, 0.15) is 12.1 Å². The summed E-state index contributed by atoms with van der Waals surface area (Å²) in [7, 11) is 0. The lowest BCUT2D eigenvalue weighted by molar-refractivity contribution is -0.131. The molecule has 12 N–H and O–H groups in total. The summed E-state index contributed by atoms with van der Waals surface area (Å²) in [4.78, 5) is 73.7. The molecule has 0 saturated heterocycles. The first-order valence-corrected chi connectivity index (χ1v) is 10.9. The average Bonchev–Trinajstić information content (AvgIpc) is 2.70. The molecule has 0 aromatic carbocycles. The lowest BCUT2D eigenvalue weighted by atomic mass is 10.1. The Morgan fingerprint density at radius 3 is 2.00 bits per heavy atom. The maximum Gasteiger partial charge on any atom is 0.243 e. The van der Waals surface area contributed by atoms with Crippen molar-refractivity contribution in [3.63, 3.8) is 0 Å². The highest BCUT2D eigenvalue weighted by atomic mass is 32.2. The molecule has 0 saturated carbocycles. The van der Waals surface area contributed by atoms with E-state index in [1.165, 1.54) is 6.92 Å². The van der Waals surface area contributed by atoms with Crippen LogP contribution in [-0.4, -0.2) is 84.6 Å². The van der Waals surface area contributed by atoms with Gasteiger partial charge in [-0.05, 0) is 12.8 Å². The molecule has 0 spiro atoms. The van der Waals surface area contributed by atoms with Gasteiger partial charge < -0.3 is 44.2 Å². The van der Waals surface area contributed by atoms with Crippen molar-refractivity contribution in [1.82, 2.24) is 21.3 Å². The lowest BCUT2D eigenvalue weighted by Crippen LogP contribution is -2.53. The highest BCUT2D eigenvalue weighted by Crippen LogP contribution is 2.03. The fourth-order valence-corrected chi connectivity index (χ4v) is 3.10. The quantitative estimate of drug-likeness (QED) is 0.0584. The van der Waals surface area contributed by atoms with Crippen LogP contribution >= 0.6 is 11.8 Å². The zero-order chi connectivity index (χ0) is 25.4. The number of amides is 6. The fraction of sp³-hybridized carbons (Fsp3) is 0.588. The summed E-state index contributed by atoms with van der Waals surface area (Å²) < 4.78 is 0. The minimum atomic E-state index is -1.04. The van der Waals surface area contributed by atoms with Crippen molar-refractivity contribution < 1.29 is 28.8 Å². The standard InChI is InChI=1S/C17H31N9O6S/c1-9(27)25-11(7-33-8-13(19)29)16(32)24-6-14(30)26-10(3-2-4-22-17(20)21)15(31)23-5-12(18)28/h10-11H,2-8H2,1H3,(H2,18,28)(H2,19,29)(H,23,31)(H,24,32)(H,25,27)(H,26,30)(H4,20,21,22). The highest BCUT2D eigenvalue weighted by molar-refractivity contribution is 8.00. The van der Waals surface area contributed by atoms with Crippen molar-refractivity contribution in [2.75, 3.05) is 31.1 Å². The Kier molecular flexibility index (Phi) is 14.4. The molecule has 0 aliphatic carbocycles. The number of nitrogens with two attached hydrogens (primary N) is 4. The Hall–Kier alpha value is -3.56. The minimum Gasteiger partial charge on any atom is -0.370 e. The van der Waals surface area contributed by atoms with Crippen LogP contribution in [0.5, 0.6) is 0 Å². The number of carbonyl (C=O) groups is 6. The number of hydrogen-bond acceptors (Lipinski definition) is 8. The average molecular weight is 490 g/mol. The van der Waals surface area contributed by atoms with E-state index in [1.807, 2.05) is 0 Å². The Morgan fingerprint density at radius 1 is 0.848 bits per heavy atom. The van der Waals surface area contributed by atoms with E-state index >= 15 is 0 Å². The summed E-state index contributed by atoms with van der Waals surface area (Å²) in [6.45, 7) is 0.499. The molecule has 0 radical (unpaired) electrons. The van der Waals surface area contributed by atoms with Gasteiger partial charge in [-0.3, -0.25) is 33.8 Å². The van der Waals surface area contributed by atoms with Gasteiger partial charge in [-0.1, -0.05) is 0 Å². The second-order valence-electron chi connectivity index (χ2n) is 6.71. The first-order chi connectivity index (χ1) is 15.4. The lowest BCUT2D eigenvalue weighted by Gasteiger charge is -2.19. The molecule has 186 valence electrons. The molecule has 2 atom stereocenters. The van der Waals surface area contributed by atoms with Gasteiger partial charge in [0, 0.05) is 19.2 Å². The number of nitrogens with zero attached hydrogens (tertiary/aromatic N) is 1. The number of hydrogen-bond donors (Lipinski definition) is 8. The first-order valence-electron chi connectivity index (χ1n) is 9.74. The third kappa shape index (κ3) is 15.8. The Balaban J connectivity index is 4.89. The predicted molar refractivity (Wildman–Crippen MR) is 121 cm³/mol. The molecule has 0 aliphatic rings. The molecular formula is C17H31N9O6S. The zero-order valence-electron chi connectivity index (χ0n) is 18.2. The summed E-state index contributed by atoms with van der Waals surface area (Å²) in [6, 6.07) is -2.05. The van der Waals surface area contributed by atoms with Crippen molar-refractivity contribution in [3.8, 4) is 0 Å². The summed E-state index contributed by atoms with van der Waals surface area (Å²) in [5.74, 6) is -3.97. The largest absolute Gasteiger partial charge is 0.370 e. The Bertz CT molecular complexity index is 757. The number of thioether (sulfide) groups is 1. The Labute approximate surface area is 194 Å². The van der Waals surface area contributed by atoms with Gasteiger partial charge >= 0.3 is 0 Å². The van der Waals surface area contributed by atoms with Gasteiger partial charge in [0.25, 0.3) is 0 Å². The predicted octanol–water partition coefficient (Wildman–Crippen LogP) is -5.03. The van der Waals surface area contributed by atoms with E-state index < -0.39 is 60.6 Å². The van der Waals surface area contributed by atoms with E-state index in [2.05, 4.69) is 26.3 Å². The van der Waals surface area contributed by atoms with Crippen LogP contribution in [0.15, 0.2) is 4.99 Å². The fourth-order valence-electron chi connectivity index (χ4n) is 2.31. The second-order valence-corrected chi connectivity index (χ2v) is 7.74. The number of carbonyl (C=O) groups excluding carboxylic acids is 6. The van der Waals surface area contributed by atoms with E-state index in [1.54, 1.807) is 0 Å².